The molecule has 10 nitrogen and oxygen atoms in total. The van der Waals surface area contributed by atoms with Crippen molar-refractivity contribution in [3.05, 3.63) is 58.8 Å². The molecule has 2 aromatic heterocycles. The molecule has 0 unspecified atom stereocenters. The van der Waals surface area contributed by atoms with Crippen molar-refractivity contribution in [3.8, 4) is 11.5 Å². The monoisotopic (exact) mass is 355 g/mol. The van der Waals surface area contributed by atoms with E-state index in [0.29, 0.717) is 22.9 Å². The van der Waals surface area contributed by atoms with Gasteiger partial charge in [0.25, 0.3) is 0 Å². The van der Waals surface area contributed by atoms with E-state index < -0.39 is 4.92 Å². The van der Waals surface area contributed by atoms with E-state index in [0.717, 1.165) is 0 Å². The number of nitrogens with one attached hydrogen (secondary N) is 2. The molecule has 10 heteroatoms. The lowest BCUT2D eigenvalue weighted by Crippen LogP contribution is -2.08. The summed E-state index contributed by atoms with van der Waals surface area (Å²) in [6, 6.07) is 8.61. The number of ether oxygens (including phenoxy) is 2. The summed E-state index contributed by atoms with van der Waals surface area (Å²) in [6.45, 7) is 0.404. The summed E-state index contributed by atoms with van der Waals surface area (Å²) < 4.78 is 15.8. The molecule has 1 aromatic carbocycles. The van der Waals surface area contributed by atoms with Gasteiger partial charge in [0.1, 0.15) is 12.1 Å². The number of aromatic nitrogens is 2. The van der Waals surface area contributed by atoms with Crippen LogP contribution in [0.4, 0.5) is 23.0 Å². The van der Waals surface area contributed by atoms with Crippen LogP contribution in [0.3, 0.4) is 0 Å². The maximum Gasteiger partial charge on any atom is 0.353 e. The predicted molar refractivity (Wildman–Crippen MR) is 90.6 cm³/mol. The minimum absolute atomic E-state index is 0.0609. The fourth-order valence-electron chi connectivity index (χ4n) is 2.47. The lowest BCUT2D eigenvalue weighted by Gasteiger charge is -2.10. The van der Waals surface area contributed by atoms with Crippen LogP contribution in [0.15, 0.2) is 47.3 Å². The van der Waals surface area contributed by atoms with Crippen molar-refractivity contribution in [1.29, 1.82) is 0 Å². The van der Waals surface area contributed by atoms with E-state index in [9.17, 15) is 10.1 Å². The molecule has 3 heterocycles. The Labute approximate surface area is 146 Å². The molecule has 0 spiro atoms. The first kappa shape index (κ1) is 15.7. The van der Waals surface area contributed by atoms with E-state index in [-0.39, 0.29) is 30.7 Å². The second-order valence-corrected chi connectivity index (χ2v) is 5.30. The number of benzene rings is 1. The van der Waals surface area contributed by atoms with E-state index in [1.165, 1.54) is 12.6 Å². The van der Waals surface area contributed by atoms with Gasteiger partial charge in [0, 0.05) is 11.8 Å². The zero-order valence-electron chi connectivity index (χ0n) is 13.3. The fourth-order valence-corrected chi connectivity index (χ4v) is 2.47. The van der Waals surface area contributed by atoms with Crippen LogP contribution in [-0.2, 0) is 6.54 Å². The molecule has 0 bridgehead atoms. The van der Waals surface area contributed by atoms with Gasteiger partial charge in [-0.25, -0.2) is 9.97 Å². The van der Waals surface area contributed by atoms with Crippen LogP contribution in [0.2, 0.25) is 0 Å². The molecular weight excluding hydrogens is 342 g/mol. The number of fused-ring (bicyclic) bond motifs is 1. The van der Waals surface area contributed by atoms with Crippen molar-refractivity contribution < 1.29 is 18.8 Å². The van der Waals surface area contributed by atoms with Crippen LogP contribution in [0.5, 0.6) is 11.5 Å². The Balaban J connectivity index is 1.61. The quantitative estimate of drug-likeness (QED) is 0.507. The second-order valence-electron chi connectivity index (χ2n) is 5.30. The molecule has 0 atom stereocenters. The number of nitro groups is 1. The van der Waals surface area contributed by atoms with Crippen molar-refractivity contribution in [3.63, 3.8) is 0 Å². The number of hydrogen-bond donors (Lipinski definition) is 2. The number of rotatable bonds is 6. The summed E-state index contributed by atoms with van der Waals surface area (Å²) in [5.74, 6) is 1.95. The topological polar surface area (TPSA) is 125 Å². The third-order valence-corrected chi connectivity index (χ3v) is 3.65. The third-order valence-electron chi connectivity index (χ3n) is 3.65. The van der Waals surface area contributed by atoms with Crippen LogP contribution in [0.1, 0.15) is 5.76 Å². The van der Waals surface area contributed by atoms with Crippen LogP contribution in [-0.4, -0.2) is 21.7 Å². The van der Waals surface area contributed by atoms with Crippen molar-refractivity contribution in [2.75, 3.05) is 17.4 Å². The summed E-state index contributed by atoms with van der Waals surface area (Å²) in [4.78, 5) is 19.0. The highest BCUT2D eigenvalue weighted by molar-refractivity contribution is 5.74. The van der Waals surface area contributed by atoms with Crippen molar-refractivity contribution in [1.82, 2.24) is 9.97 Å². The van der Waals surface area contributed by atoms with E-state index >= 15 is 0 Å². The highest BCUT2D eigenvalue weighted by Gasteiger charge is 2.24. The van der Waals surface area contributed by atoms with Gasteiger partial charge in [-0.2, -0.15) is 0 Å². The Morgan fingerprint density at radius 1 is 1.15 bits per heavy atom. The van der Waals surface area contributed by atoms with E-state index in [1.54, 1.807) is 30.3 Å². The van der Waals surface area contributed by atoms with Gasteiger partial charge in [-0.15, -0.1) is 0 Å². The van der Waals surface area contributed by atoms with E-state index in [1.807, 2.05) is 0 Å². The van der Waals surface area contributed by atoms with Gasteiger partial charge in [-0.3, -0.25) is 10.1 Å². The molecule has 26 heavy (non-hydrogen) atoms. The van der Waals surface area contributed by atoms with Gasteiger partial charge < -0.3 is 24.5 Å². The van der Waals surface area contributed by atoms with Crippen molar-refractivity contribution in [2.24, 2.45) is 0 Å². The molecule has 4 rings (SSSR count). The van der Waals surface area contributed by atoms with Gasteiger partial charge in [0.2, 0.25) is 18.4 Å². The lowest BCUT2D eigenvalue weighted by atomic mass is 10.2. The summed E-state index contributed by atoms with van der Waals surface area (Å²) in [5, 5.41) is 17.4. The SMILES string of the molecule is O=[N+]([O-])c1c(NCc2ccco2)ncnc1Nc1ccc2c(c1)OCO2. The molecular formula is C16H13N5O5. The van der Waals surface area contributed by atoms with Crippen molar-refractivity contribution in [2.45, 2.75) is 6.54 Å². The van der Waals surface area contributed by atoms with E-state index in [2.05, 4.69) is 20.6 Å². The maximum atomic E-state index is 11.6. The van der Waals surface area contributed by atoms with Gasteiger partial charge >= 0.3 is 5.69 Å². The lowest BCUT2D eigenvalue weighted by molar-refractivity contribution is -0.383. The number of hydrogen-bond acceptors (Lipinski definition) is 9. The molecule has 3 aromatic rings. The van der Waals surface area contributed by atoms with Crippen LogP contribution >= 0.6 is 0 Å². The Morgan fingerprint density at radius 2 is 2.00 bits per heavy atom. The highest BCUT2D eigenvalue weighted by atomic mass is 16.7. The molecule has 0 saturated carbocycles. The molecule has 132 valence electrons. The Bertz CT molecular complexity index is 944. The van der Waals surface area contributed by atoms with Gasteiger partial charge in [-0.05, 0) is 24.3 Å². The Hall–Kier alpha value is -3.82. The van der Waals surface area contributed by atoms with Gasteiger partial charge in [-0.1, -0.05) is 0 Å². The molecule has 0 saturated heterocycles. The average Bonchev–Trinajstić information content (AvgIpc) is 3.31. The molecule has 2 N–H and O–H groups in total. The second kappa shape index (κ2) is 6.59. The normalized spacial score (nSPS) is 12.0. The van der Waals surface area contributed by atoms with Crippen molar-refractivity contribution >= 4 is 23.0 Å². The summed E-state index contributed by atoms with van der Waals surface area (Å²) in [7, 11) is 0. The summed E-state index contributed by atoms with van der Waals surface area (Å²) >= 11 is 0. The molecule has 0 fully saturated rings. The maximum absolute atomic E-state index is 11.6. The molecule has 1 aliphatic rings. The largest absolute Gasteiger partial charge is 0.467 e. The molecule has 0 amide bonds. The summed E-state index contributed by atoms with van der Waals surface area (Å²) in [6.07, 6.45) is 2.77. The Morgan fingerprint density at radius 3 is 2.81 bits per heavy atom. The first-order chi connectivity index (χ1) is 12.7. The highest BCUT2D eigenvalue weighted by Crippen LogP contribution is 2.37. The molecule has 0 aliphatic carbocycles. The molecule has 0 radical (unpaired) electrons. The first-order valence-electron chi connectivity index (χ1n) is 7.63. The fraction of sp³-hybridized carbons (Fsp3) is 0.125. The Kier molecular flexibility index (Phi) is 3.98. The number of anilines is 3. The third kappa shape index (κ3) is 3.07. The van der Waals surface area contributed by atoms with Crippen LogP contribution in [0.25, 0.3) is 0 Å². The number of nitrogens with zero attached hydrogens (tertiary/aromatic N) is 3. The minimum Gasteiger partial charge on any atom is -0.467 e. The van der Waals surface area contributed by atoms with Crippen LogP contribution in [0, 0.1) is 10.1 Å². The summed E-state index contributed by atoms with van der Waals surface area (Å²) in [5.41, 5.74) is 0.310. The zero-order valence-corrected chi connectivity index (χ0v) is 13.3. The van der Waals surface area contributed by atoms with Gasteiger partial charge in [0.05, 0.1) is 17.7 Å². The average molecular weight is 355 g/mol. The minimum atomic E-state index is -0.542. The first-order valence-corrected chi connectivity index (χ1v) is 7.63. The zero-order chi connectivity index (χ0) is 17.9. The van der Waals surface area contributed by atoms with E-state index in [4.69, 9.17) is 13.9 Å². The predicted octanol–water partition coefficient (Wildman–Crippen LogP) is 3.06. The molecule has 1 aliphatic heterocycles. The van der Waals surface area contributed by atoms with Gasteiger partial charge in [0.15, 0.2) is 11.5 Å². The number of furan rings is 1. The van der Waals surface area contributed by atoms with Crippen LogP contribution < -0.4 is 20.1 Å². The smallest absolute Gasteiger partial charge is 0.353 e. The standard InChI is InChI=1S/C16H13N5O5/c22-21(23)14-15(17-7-11-2-1-5-24-11)18-8-19-16(14)20-10-3-4-12-13(6-10)26-9-25-12/h1-6,8H,7,9H2,(H2,17,18,19,20).